The minimum absolute atomic E-state index is 0.0507. The zero-order valence-electron chi connectivity index (χ0n) is 13.1. The Labute approximate surface area is 144 Å². The van der Waals surface area contributed by atoms with Gasteiger partial charge in [-0.2, -0.15) is 13.2 Å². The highest BCUT2D eigenvalue weighted by Crippen LogP contribution is 2.34. The number of hydrogen-bond donors (Lipinski definition) is 2. The van der Waals surface area contributed by atoms with E-state index in [2.05, 4.69) is 10.9 Å². The van der Waals surface area contributed by atoms with E-state index >= 15 is 0 Å². The van der Waals surface area contributed by atoms with Crippen molar-refractivity contribution >= 4 is 17.3 Å². The molecular weight excluding hydrogens is 358 g/mol. The molecule has 10 heteroatoms. The fourth-order valence-corrected chi connectivity index (χ4v) is 2.11. The number of nitro groups is 1. The molecule has 0 fully saturated rings. The van der Waals surface area contributed by atoms with Crippen molar-refractivity contribution in [3.63, 3.8) is 0 Å². The van der Waals surface area contributed by atoms with Crippen LogP contribution in [0.4, 0.5) is 28.9 Å². The van der Waals surface area contributed by atoms with Gasteiger partial charge < -0.3 is 0 Å². The maximum absolute atomic E-state index is 13.0. The van der Waals surface area contributed by atoms with Crippen LogP contribution in [-0.4, -0.2) is 10.8 Å². The quantitative estimate of drug-likeness (QED) is 0.459. The van der Waals surface area contributed by atoms with Crippen LogP contribution in [0.25, 0.3) is 0 Å². The molecule has 0 aliphatic carbocycles. The summed E-state index contributed by atoms with van der Waals surface area (Å²) in [6.07, 6.45) is -4.55. The monoisotopic (exact) mass is 371 g/mol. The Morgan fingerprint density at radius 3 is 2.50 bits per heavy atom. The highest BCUT2D eigenvalue weighted by molar-refractivity contribution is 5.78. The van der Waals surface area contributed by atoms with Gasteiger partial charge in [-0.25, -0.2) is 4.39 Å². The molecule has 1 amide bonds. The zero-order valence-corrected chi connectivity index (χ0v) is 13.1. The number of hydrogen-bond acceptors (Lipinski definition) is 4. The SMILES string of the molecule is O=C(CCc1cccc(F)c1)NNc1ccc(C(F)(F)F)cc1[N+](=O)[O-]. The number of anilines is 1. The van der Waals surface area contributed by atoms with Crippen molar-refractivity contribution in [2.24, 2.45) is 0 Å². The Hall–Kier alpha value is -3.17. The number of halogens is 4. The molecule has 2 rings (SSSR count). The molecule has 2 N–H and O–H groups in total. The molecule has 0 saturated carbocycles. The minimum atomic E-state index is -4.72. The Kier molecular flexibility index (Phi) is 5.75. The van der Waals surface area contributed by atoms with Crippen molar-refractivity contribution in [1.29, 1.82) is 0 Å². The van der Waals surface area contributed by atoms with E-state index in [0.29, 0.717) is 17.7 Å². The number of benzene rings is 2. The van der Waals surface area contributed by atoms with Crippen LogP contribution in [0, 0.1) is 15.9 Å². The number of rotatable bonds is 6. The molecule has 0 radical (unpaired) electrons. The smallest absolute Gasteiger partial charge is 0.292 e. The predicted molar refractivity (Wildman–Crippen MR) is 84.6 cm³/mol. The van der Waals surface area contributed by atoms with Gasteiger partial charge in [0.1, 0.15) is 11.5 Å². The zero-order chi connectivity index (χ0) is 19.3. The van der Waals surface area contributed by atoms with Gasteiger partial charge in [0.15, 0.2) is 0 Å². The van der Waals surface area contributed by atoms with Crippen LogP contribution in [0.2, 0.25) is 0 Å². The van der Waals surface area contributed by atoms with E-state index < -0.39 is 34.1 Å². The molecule has 0 atom stereocenters. The van der Waals surface area contributed by atoms with E-state index in [1.165, 1.54) is 18.2 Å². The van der Waals surface area contributed by atoms with Gasteiger partial charge in [-0.15, -0.1) is 0 Å². The van der Waals surface area contributed by atoms with E-state index in [0.717, 1.165) is 6.07 Å². The Bertz CT molecular complexity index is 825. The van der Waals surface area contributed by atoms with Gasteiger partial charge in [0.05, 0.1) is 10.5 Å². The molecule has 0 bridgehead atoms. The van der Waals surface area contributed by atoms with E-state index in [9.17, 15) is 32.5 Å². The van der Waals surface area contributed by atoms with Crippen molar-refractivity contribution < 1.29 is 27.3 Å². The van der Waals surface area contributed by atoms with Crippen molar-refractivity contribution in [3.8, 4) is 0 Å². The third-order valence-corrected chi connectivity index (χ3v) is 3.39. The van der Waals surface area contributed by atoms with Gasteiger partial charge in [-0.05, 0) is 36.2 Å². The molecule has 0 heterocycles. The van der Waals surface area contributed by atoms with Crippen molar-refractivity contribution in [2.75, 3.05) is 5.43 Å². The van der Waals surface area contributed by atoms with Crippen LogP contribution in [0.1, 0.15) is 17.5 Å². The molecular formula is C16H13F4N3O3. The lowest BCUT2D eigenvalue weighted by Gasteiger charge is -2.11. The standard InChI is InChI=1S/C16H13F4N3O3/c17-12-3-1-2-10(8-12)4-7-15(24)22-21-13-6-5-11(16(18,19)20)9-14(13)23(25)26/h1-3,5-6,8-9,21H,4,7H2,(H,22,24). The topological polar surface area (TPSA) is 84.3 Å². The third-order valence-electron chi connectivity index (χ3n) is 3.39. The molecule has 6 nitrogen and oxygen atoms in total. The number of nitrogens with one attached hydrogen (secondary N) is 2. The van der Waals surface area contributed by atoms with Crippen LogP contribution < -0.4 is 10.9 Å². The van der Waals surface area contributed by atoms with Crippen LogP contribution in [-0.2, 0) is 17.4 Å². The van der Waals surface area contributed by atoms with E-state index in [1.807, 2.05) is 0 Å². The summed E-state index contributed by atoms with van der Waals surface area (Å²) in [6, 6.07) is 7.54. The number of amides is 1. The lowest BCUT2D eigenvalue weighted by molar-refractivity contribution is -0.384. The average Bonchev–Trinajstić information content (AvgIpc) is 2.57. The molecule has 0 aliphatic rings. The maximum Gasteiger partial charge on any atom is 0.416 e. The first-order valence-electron chi connectivity index (χ1n) is 7.32. The summed E-state index contributed by atoms with van der Waals surface area (Å²) in [5.74, 6) is -1.01. The Morgan fingerprint density at radius 1 is 1.15 bits per heavy atom. The van der Waals surface area contributed by atoms with Gasteiger partial charge >= 0.3 is 6.18 Å². The summed E-state index contributed by atoms with van der Waals surface area (Å²) in [5, 5.41) is 10.9. The number of alkyl halides is 3. The molecule has 0 spiro atoms. The molecule has 26 heavy (non-hydrogen) atoms. The lowest BCUT2D eigenvalue weighted by Crippen LogP contribution is -2.30. The molecule has 0 aliphatic heterocycles. The summed E-state index contributed by atoms with van der Waals surface area (Å²) >= 11 is 0. The number of carbonyl (C=O) groups is 1. The Balaban J connectivity index is 1.99. The summed E-state index contributed by atoms with van der Waals surface area (Å²) in [7, 11) is 0. The van der Waals surface area contributed by atoms with E-state index in [1.54, 1.807) is 6.07 Å². The first-order chi connectivity index (χ1) is 12.2. The van der Waals surface area contributed by atoms with Crippen LogP contribution in [0.3, 0.4) is 0 Å². The van der Waals surface area contributed by atoms with Crippen molar-refractivity contribution in [2.45, 2.75) is 19.0 Å². The maximum atomic E-state index is 13.0. The van der Waals surface area contributed by atoms with Gasteiger partial charge in [-0.3, -0.25) is 25.8 Å². The predicted octanol–water partition coefficient (Wildman–Crippen LogP) is 3.83. The normalized spacial score (nSPS) is 11.1. The van der Waals surface area contributed by atoms with E-state index in [-0.39, 0.29) is 18.5 Å². The largest absolute Gasteiger partial charge is 0.416 e. The molecule has 0 aromatic heterocycles. The molecule has 2 aromatic rings. The second kappa shape index (κ2) is 7.81. The third kappa shape index (κ3) is 5.16. The average molecular weight is 371 g/mol. The van der Waals surface area contributed by atoms with E-state index in [4.69, 9.17) is 0 Å². The van der Waals surface area contributed by atoms with Crippen molar-refractivity contribution in [3.05, 3.63) is 69.5 Å². The summed E-state index contributed by atoms with van der Waals surface area (Å²) in [4.78, 5) is 21.7. The fourth-order valence-electron chi connectivity index (χ4n) is 2.11. The van der Waals surface area contributed by atoms with Crippen LogP contribution >= 0.6 is 0 Å². The molecule has 0 unspecified atom stereocenters. The van der Waals surface area contributed by atoms with Gasteiger partial charge in [0.2, 0.25) is 5.91 Å². The molecule has 0 saturated heterocycles. The van der Waals surface area contributed by atoms with Crippen molar-refractivity contribution in [1.82, 2.24) is 5.43 Å². The molecule has 2 aromatic carbocycles. The Morgan fingerprint density at radius 2 is 1.88 bits per heavy atom. The highest BCUT2D eigenvalue weighted by Gasteiger charge is 2.33. The summed E-state index contributed by atoms with van der Waals surface area (Å²) in [6.45, 7) is 0. The first kappa shape index (κ1) is 19.2. The minimum Gasteiger partial charge on any atom is -0.292 e. The fraction of sp³-hybridized carbons (Fsp3) is 0.188. The number of hydrazine groups is 1. The van der Waals surface area contributed by atoms with Gasteiger partial charge in [0, 0.05) is 12.5 Å². The lowest BCUT2D eigenvalue weighted by atomic mass is 10.1. The molecule has 138 valence electrons. The van der Waals surface area contributed by atoms with Gasteiger partial charge in [0.25, 0.3) is 5.69 Å². The van der Waals surface area contributed by atoms with Crippen LogP contribution in [0.5, 0.6) is 0 Å². The van der Waals surface area contributed by atoms with Crippen LogP contribution in [0.15, 0.2) is 42.5 Å². The number of carbonyl (C=O) groups excluding carboxylic acids is 1. The number of aryl methyl sites for hydroxylation is 1. The summed E-state index contributed by atoms with van der Waals surface area (Å²) < 4.78 is 50.9. The second-order valence-electron chi connectivity index (χ2n) is 5.29. The number of nitro benzene ring substituents is 1. The number of nitrogens with zero attached hydrogens (tertiary/aromatic N) is 1. The highest BCUT2D eigenvalue weighted by atomic mass is 19.4. The first-order valence-corrected chi connectivity index (χ1v) is 7.32. The summed E-state index contributed by atoms with van der Waals surface area (Å²) in [5.41, 5.74) is 2.70. The second-order valence-corrected chi connectivity index (χ2v) is 5.29. The van der Waals surface area contributed by atoms with Gasteiger partial charge in [-0.1, -0.05) is 12.1 Å².